The average molecular weight is 331 g/mol. The van der Waals surface area contributed by atoms with Gasteiger partial charge in [0.25, 0.3) is 10.1 Å². The minimum Gasteiger partial charge on any atom is -0.389 e. The Hall–Kier alpha value is -0.475. The molecule has 9 heteroatoms. The van der Waals surface area contributed by atoms with Gasteiger partial charge in [0.1, 0.15) is 12.4 Å². The van der Waals surface area contributed by atoms with Crippen LogP contribution in [-0.2, 0) is 23.8 Å². The van der Waals surface area contributed by atoms with Crippen LogP contribution in [0.25, 0.3) is 0 Å². The third kappa shape index (κ3) is 4.76. The molecule has 22 heavy (non-hydrogen) atoms. The van der Waals surface area contributed by atoms with Crippen LogP contribution in [0.2, 0.25) is 0 Å². The maximum absolute atomic E-state index is 11.2. The van der Waals surface area contributed by atoms with Crippen molar-refractivity contribution in [2.24, 2.45) is 5.92 Å². The molecular formula is C13H22BNO6S. The Bertz CT molecular complexity index is 479. The van der Waals surface area contributed by atoms with Crippen molar-refractivity contribution in [3.63, 3.8) is 0 Å². The number of rotatable bonds is 6. The summed E-state index contributed by atoms with van der Waals surface area (Å²) in [5, 5.41) is 10.2. The third-order valence-electron chi connectivity index (χ3n) is 4.30. The van der Waals surface area contributed by atoms with Crippen LogP contribution in [0.4, 0.5) is 0 Å². The van der Waals surface area contributed by atoms with E-state index in [1.54, 1.807) is 0 Å². The van der Waals surface area contributed by atoms with Crippen molar-refractivity contribution in [3.8, 4) is 0 Å². The molecule has 2 radical (unpaired) electrons. The van der Waals surface area contributed by atoms with Gasteiger partial charge in [0.15, 0.2) is 7.98 Å². The number of aldehydes is 1. The van der Waals surface area contributed by atoms with E-state index in [0.29, 0.717) is 0 Å². The van der Waals surface area contributed by atoms with Crippen LogP contribution < -0.4 is 0 Å². The van der Waals surface area contributed by atoms with Crippen LogP contribution in [0.5, 0.6) is 0 Å². The van der Waals surface area contributed by atoms with E-state index in [0.717, 1.165) is 38.2 Å². The van der Waals surface area contributed by atoms with Crippen molar-refractivity contribution >= 4 is 24.4 Å². The summed E-state index contributed by atoms with van der Waals surface area (Å²) in [5.74, 6) is 0.121. The fourth-order valence-corrected chi connectivity index (χ4v) is 3.65. The van der Waals surface area contributed by atoms with Crippen molar-refractivity contribution in [3.05, 3.63) is 0 Å². The predicted molar refractivity (Wildman–Crippen MR) is 79.7 cm³/mol. The largest absolute Gasteiger partial charge is 0.389 e. The molecule has 0 aromatic heterocycles. The minimum atomic E-state index is -3.65. The van der Waals surface area contributed by atoms with Gasteiger partial charge in [-0.05, 0) is 25.7 Å². The zero-order valence-corrected chi connectivity index (χ0v) is 13.4. The summed E-state index contributed by atoms with van der Waals surface area (Å²) in [6.07, 6.45) is 3.32. The second-order valence-electron chi connectivity index (χ2n) is 6.10. The highest BCUT2D eigenvalue weighted by Crippen LogP contribution is 2.26. The molecule has 0 unspecified atom stereocenters. The van der Waals surface area contributed by atoms with Gasteiger partial charge in [-0.1, -0.05) is 0 Å². The van der Waals surface area contributed by atoms with Crippen LogP contribution in [-0.4, -0.2) is 76.4 Å². The highest BCUT2D eigenvalue weighted by Gasteiger charge is 2.41. The summed E-state index contributed by atoms with van der Waals surface area (Å²) < 4.78 is 32.9. The van der Waals surface area contributed by atoms with E-state index >= 15 is 0 Å². The Labute approximate surface area is 132 Å². The van der Waals surface area contributed by atoms with Crippen LogP contribution >= 0.6 is 0 Å². The van der Waals surface area contributed by atoms with Crippen molar-refractivity contribution in [1.82, 2.24) is 4.81 Å². The van der Waals surface area contributed by atoms with E-state index in [9.17, 15) is 18.3 Å². The first-order valence-corrected chi connectivity index (χ1v) is 9.26. The number of nitrogens with zero attached hydrogens (tertiary/aromatic N) is 1. The molecule has 1 heterocycles. The van der Waals surface area contributed by atoms with E-state index in [2.05, 4.69) is 0 Å². The molecule has 0 spiro atoms. The molecule has 0 amide bonds. The summed E-state index contributed by atoms with van der Waals surface area (Å²) >= 11 is 0. The lowest BCUT2D eigenvalue weighted by molar-refractivity contribution is -0.113. The molecule has 2 aliphatic rings. The Morgan fingerprint density at radius 2 is 1.95 bits per heavy atom. The van der Waals surface area contributed by atoms with Gasteiger partial charge in [0.2, 0.25) is 0 Å². The van der Waals surface area contributed by atoms with E-state index in [4.69, 9.17) is 16.9 Å². The number of carbonyl (C=O) groups is 1. The summed E-state index contributed by atoms with van der Waals surface area (Å²) in [7, 11) is 2.16. The highest BCUT2D eigenvalue weighted by molar-refractivity contribution is 7.86. The lowest BCUT2D eigenvalue weighted by Gasteiger charge is -2.29. The predicted octanol–water partition coefficient (Wildman–Crippen LogP) is -0.766. The molecular weight excluding hydrogens is 309 g/mol. The lowest BCUT2D eigenvalue weighted by Crippen LogP contribution is -2.40. The molecule has 1 aliphatic heterocycles. The normalized spacial score (nSPS) is 37.3. The van der Waals surface area contributed by atoms with E-state index in [-0.39, 0.29) is 25.2 Å². The Balaban J connectivity index is 1.81. The number of hydrogen-bond donors (Lipinski definition) is 1. The first kappa shape index (κ1) is 17.9. The number of aliphatic hydroxyl groups excluding tert-OH is 1. The first-order chi connectivity index (χ1) is 10.3. The quantitative estimate of drug-likeness (QED) is 0.388. The molecule has 1 aliphatic carbocycles. The van der Waals surface area contributed by atoms with Crippen LogP contribution in [0, 0.1) is 5.92 Å². The van der Waals surface area contributed by atoms with Gasteiger partial charge in [-0.2, -0.15) is 8.42 Å². The minimum absolute atomic E-state index is 0.0478. The fourth-order valence-electron chi connectivity index (χ4n) is 3.03. The Morgan fingerprint density at radius 3 is 2.50 bits per heavy atom. The van der Waals surface area contributed by atoms with Crippen LogP contribution in [0.15, 0.2) is 0 Å². The summed E-state index contributed by atoms with van der Waals surface area (Å²) in [6, 6.07) is -0.504. The molecule has 1 saturated heterocycles. The average Bonchev–Trinajstić information content (AvgIpc) is 2.70. The smallest absolute Gasteiger partial charge is 0.264 e. The van der Waals surface area contributed by atoms with Gasteiger partial charge in [-0.3, -0.25) is 4.18 Å². The van der Waals surface area contributed by atoms with Gasteiger partial charge < -0.3 is 19.4 Å². The highest BCUT2D eigenvalue weighted by atomic mass is 32.2. The third-order valence-corrected chi connectivity index (χ3v) is 4.90. The number of hydrogen-bond acceptors (Lipinski definition) is 7. The van der Waals surface area contributed by atoms with E-state index < -0.39 is 28.4 Å². The zero-order valence-electron chi connectivity index (χ0n) is 12.6. The standard InChI is InChI=1S/C13H22BNO6S/c1-22(18,19)21-12-6-15(14)11(13(12)17)8-20-10-4-2-9(7-16)3-5-10/h7,9-13,17H,2-6,8H2,1H3/t9?,10?,11-,12+,13-/m1/s1. The molecule has 2 rings (SSSR count). The van der Waals surface area contributed by atoms with Gasteiger partial charge >= 0.3 is 0 Å². The second-order valence-corrected chi connectivity index (χ2v) is 7.70. The van der Waals surface area contributed by atoms with Crippen molar-refractivity contribution in [2.45, 2.75) is 50.0 Å². The molecule has 3 atom stereocenters. The SMILES string of the molecule is [B]N1C[C@H](OS(C)(=O)=O)[C@H](O)[C@H]1COC1CCC(C=O)CC1. The van der Waals surface area contributed by atoms with Crippen LogP contribution in [0.3, 0.4) is 0 Å². The van der Waals surface area contributed by atoms with Gasteiger partial charge in [0, 0.05) is 12.5 Å². The molecule has 1 N–H and O–H groups in total. The molecule has 0 aromatic rings. The molecule has 1 saturated carbocycles. The number of aliphatic hydroxyl groups is 1. The topological polar surface area (TPSA) is 93.1 Å². The molecule has 0 bridgehead atoms. The monoisotopic (exact) mass is 331 g/mol. The van der Waals surface area contributed by atoms with Crippen molar-refractivity contribution in [2.75, 3.05) is 19.4 Å². The Morgan fingerprint density at radius 1 is 1.32 bits per heavy atom. The summed E-state index contributed by atoms with van der Waals surface area (Å²) in [6.45, 7) is 0.331. The van der Waals surface area contributed by atoms with E-state index in [1.165, 1.54) is 4.81 Å². The fraction of sp³-hybridized carbons (Fsp3) is 0.923. The van der Waals surface area contributed by atoms with Gasteiger partial charge in [-0.15, -0.1) is 0 Å². The van der Waals surface area contributed by atoms with Gasteiger partial charge in [0.05, 0.1) is 31.1 Å². The zero-order chi connectivity index (χ0) is 16.3. The molecule has 124 valence electrons. The lowest BCUT2D eigenvalue weighted by atomic mass is 9.88. The number of carbonyl (C=O) groups excluding carboxylic acids is 1. The maximum atomic E-state index is 11.2. The molecule has 2 fully saturated rings. The summed E-state index contributed by atoms with van der Waals surface area (Å²) in [5.41, 5.74) is 0. The number of ether oxygens (including phenoxy) is 1. The van der Waals surface area contributed by atoms with Crippen molar-refractivity contribution < 1.29 is 27.2 Å². The Kier molecular flexibility index (Phi) is 6.01. The maximum Gasteiger partial charge on any atom is 0.264 e. The second kappa shape index (κ2) is 7.40. The van der Waals surface area contributed by atoms with Crippen LogP contribution in [0.1, 0.15) is 25.7 Å². The molecule has 0 aromatic carbocycles. The first-order valence-electron chi connectivity index (χ1n) is 7.44. The summed E-state index contributed by atoms with van der Waals surface area (Å²) in [4.78, 5) is 12.1. The van der Waals surface area contributed by atoms with E-state index in [1.807, 2.05) is 0 Å². The van der Waals surface area contributed by atoms with Crippen molar-refractivity contribution in [1.29, 1.82) is 0 Å². The van der Waals surface area contributed by atoms with Gasteiger partial charge in [-0.25, -0.2) is 0 Å². The molecule has 7 nitrogen and oxygen atoms in total.